The Balaban J connectivity index is 1.60. The lowest BCUT2D eigenvalue weighted by Gasteiger charge is -2.31. The summed E-state index contributed by atoms with van der Waals surface area (Å²) in [4.78, 5) is 24.0. The van der Waals surface area contributed by atoms with E-state index < -0.39 is 33.4 Å². The summed E-state index contributed by atoms with van der Waals surface area (Å²) in [5, 5.41) is 24.6. The number of nitrogens with one attached hydrogen (secondary N) is 1. The molecule has 0 atom stereocenters. The Kier molecular flexibility index (Phi) is 8.72. The zero-order valence-electron chi connectivity index (χ0n) is 28.0. The van der Waals surface area contributed by atoms with Crippen molar-refractivity contribution in [3.63, 3.8) is 0 Å². The molecule has 0 spiro atoms. The van der Waals surface area contributed by atoms with Crippen molar-refractivity contribution in [3.8, 4) is 11.5 Å². The summed E-state index contributed by atoms with van der Waals surface area (Å²) in [7, 11) is -3.79. The molecule has 3 N–H and O–H groups in total. The number of nitrogens with zero attached hydrogens (tertiary/aromatic N) is 2. The second-order valence-corrected chi connectivity index (χ2v) is 15.2. The number of sulfonamides is 1. The number of aliphatic carboxylic acids is 1. The first-order valence-corrected chi connectivity index (χ1v) is 18.0. The van der Waals surface area contributed by atoms with Crippen LogP contribution in [0.4, 0.5) is 5.69 Å². The number of aromatic carboxylic acids is 1. The van der Waals surface area contributed by atoms with Crippen LogP contribution in [-0.4, -0.2) is 72.3 Å². The zero-order valence-corrected chi connectivity index (χ0v) is 28.8. The van der Waals surface area contributed by atoms with E-state index in [1.807, 2.05) is 64.1 Å². The van der Waals surface area contributed by atoms with E-state index in [1.54, 1.807) is 18.2 Å². The van der Waals surface area contributed by atoms with E-state index in [1.165, 1.54) is 4.31 Å². The number of carboxylic acid groups (broad SMARTS) is 2. The van der Waals surface area contributed by atoms with Crippen LogP contribution in [0.5, 0.6) is 11.5 Å². The van der Waals surface area contributed by atoms with Crippen LogP contribution in [0.2, 0.25) is 0 Å². The van der Waals surface area contributed by atoms with Gasteiger partial charge in [-0.05, 0) is 74.6 Å². The van der Waals surface area contributed by atoms with E-state index >= 15 is 0 Å². The monoisotopic (exact) mass is 672 g/mol. The van der Waals surface area contributed by atoms with Crippen LogP contribution in [0, 0.1) is 12.8 Å². The van der Waals surface area contributed by atoms with Crippen LogP contribution in [0.15, 0.2) is 54.6 Å². The lowest BCUT2D eigenvalue weighted by Crippen LogP contribution is -2.50. The molecule has 1 fully saturated rings. The van der Waals surface area contributed by atoms with E-state index in [4.69, 9.17) is 4.74 Å². The molecule has 3 aliphatic heterocycles. The molecular weight excluding hydrogens is 630 g/mol. The number of ether oxygens (including phenoxy) is 1. The smallest absolute Gasteiger partial charge is 0.336 e. The minimum absolute atomic E-state index is 0.150. The Morgan fingerprint density at radius 1 is 1.00 bits per heavy atom. The normalized spacial score (nSPS) is 17.5. The lowest BCUT2D eigenvalue weighted by atomic mass is 9.86. The summed E-state index contributed by atoms with van der Waals surface area (Å²) in [6, 6.07) is 14.8. The average molecular weight is 673 g/mol. The molecule has 0 unspecified atom stereocenters. The first kappa shape index (κ1) is 33.4. The van der Waals surface area contributed by atoms with Crippen molar-refractivity contribution in [2.24, 2.45) is 5.92 Å². The Hall–Kier alpha value is -4.48. The summed E-state index contributed by atoms with van der Waals surface area (Å²) >= 11 is 0. The summed E-state index contributed by atoms with van der Waals surface area (Å²) in [6.07, 6.45) is 2.56. The number of benzene rings is 3. The molecule has 3 aromatic carbocycles. The first-order valence-electron chi connectivity index (χ1n) is 16.4. The van der Waals surface area contributed by atoms with Gasteiger partial charge in [-0.15, -0.1) is 0 Å². The summed E-state index contributed by atoms with van der Waals surface area (Å²) < 4.78 is 38.1. The molecule has 0 aromatic heterocycles. The molecule has 3 heterocycles. The maximum atomic E-state index is 13.9. The lowest BCUT2D eigenvalue weighted by molar-refractivity contribution is -0.142. The number of aryl methyl sites for hydroxylation is 1. The number of rotatable bonds is 9. The van der Waals surface area contributed by atoms with Gasteiger partial charge in [-0.2, -0.15) is 0 Å². The van der Waals surface area contributed by atoms with Gasteiger partial charge in [0, 0.05) is 61.6 Å². The number of carbonyl (C=O) groups is 2. The van der Waals surface area contributed by atoms with Crippen LogP contribution < -0.4 is 25.2 Å². The van der Waals surface area contributed by atoms with Crippen molar-refractivity contribution in [2.75, 3.05) is 37.2 Å². The van der Waals surface area contributed by atoms with E-state index in [2.05, 4.69) is 16.8 Å². The predicted molar refractivity (Wildman–Crippen MR) is 186 cm³/mol. The molecule has 11 heteroatoms. The van der Waals surface area contributed by atoms with Gasteiger partial charge in [0.05, 0.1) is 28.9 Å². The Morgan fingerprint density at radius 2 is 1.71 bits per heavy atom. The van der Waals surface area contributed by atoms with Crippen LogP contribution in [-0.2, 0) is 14.8 Å². The number of carboxylic acids is 2. The highest BCUT2D eigenvalue weighted by molar-refractivity contribution is 7.89. The highest BCUT2D eigenvalue weighted by Gasteiger charge is 2.38. The second kappa shape index (κ2) is 12.5. The Bertz CT molecular complexity index is 2110. The van der Waals surface area contributed by atoms with Crippen LogP contribution >= 0.6 is 0 Å². The van der Waals surface area contributed by atoms with Crippen molar-refractivity contribution in [1.82, 2.24) is 8.88 Å². The molecule has 0 bridgehead atoms. The van der Waals surface area contributed by atoms with Gasteiger partial charge < -0.3 is 20.3 Å². The second-order valence-electron chi connectivity index (χ2n) is 13.2. The SMILES string of the molecule is CCNc1cc2c(cc1C)C(c1ccccc1C(=O)O)=c1cc3c(cc1O2)=[N+](CC)C(C)(C)C=C3CS(=O)(=O)N1CCC(C(=O)O)CC1. The molecule has 48 heavy (non-hydrogen) atoms. The zero-order chi connectivity index (χ0) is 34.5. The highest BCUT2D eigenvalue weighted by atomic mass is 32.2. The van der Waals surface area contributed by atoms with Gasteiger partial charge in [-0.25, -0.2) is 22.1 Å². The summed E-state index contributed by atoms with van der Waals surface area (Å²) in [6.45, 7) is 11.9. The van der Waals surface area contributed by atoms with Crippen molar-refractivity contribution in [1.29, 1.82) is 0 Å². The molecule has 0 radical (unpaired) electrons. The number of fused-ring (bicyclic) bond motifs is 3. The average Bonchev–Trinajstić information content (AvgIpc) is 3.03. The van der Waals surface area contributed by atoms with Gasteiger partial charge >= 0.3 is 11.9 Å². The number of likely N-dealkylation sites (N-methyl/N-ethyl adjacent to an activating group) is 1. The van der Waals surface area contributed by atoms with E-state index in [9.17, 15) is 28.2 Å². The number of piperidine rings is 1. The van der Waals surface area contributed by atoms with Crippen LogP contribution in [0.1, 0.15) is 73.1 Å². The molecule has 3 aliphatic rings. The number of hydrogen-bond donors (Lipinski definition) is 3. The standard InChI is InChI=1S/C37H41N3O7S/c1-6-38-30-18-32-28(16-22(30)3)34(25-10-8-9-11-26(25)36(43)44)29-17-27-24(20-37(4,5)40(7-2)31(27)19-33(29)47-32)21-48(45,46)39-14-12-23(13-15-39)35(41)42/h8-11,16-20,23H,6-7,12-15,21H2,1-5H3,(H2,41,42,43,44)/p+1. The molecule has 0 aliphatic carbocycles. The third-order valence-corrected chi connectivity index (χ3v) is 11.5. The fraction of sp³-hybridized carbons (Fsp3) is 0.378. The molecule has 252 valence electrons. The van der Waals surface area contributed by atoms with Crippen molar-refractivity contribution < 1.29 is 33.0 Å². The van der Waals surface area contributed by atoms with Gasteiger partial charge in [-0.1, -0.05) is 18.2 Å². The highest BCUT2D eigenvalue weighted by Crippen LogP contribution is 2.40. The molecule has 1 saturated heterocycles. The van der Waals surface area contributed by atoms with Crippen LogP contribution in [0.3, 0.4) is 0 Å². The molecule has 3 aromatic rings. The molecule has 6 rings (SSSR count). The molecule has 0 amide bonds. The third kappa shape index (κ3) is 5.90. The largest absolute Gasteiger partial charge is 0.481 e. The van der Waals surface area contributed by atoms with Gasteiger partial charge in [0.15, 0.2) is 5.54 Å². The third-order valence-electron chi connectivity index (χ3n) is 9.69. The van der Waals surface area contributed by atoms with Crippen molar-refractivity contribution in [2.45, 2.75) is 53.0 Å². The van der Waals surface area contributed by atoms with E-state index in [0.29, 0.717) is 40.0 Å². The van der Waals surface area contributed by atoms with Crippen molar-refractivity contribution >= 4 is 38.8 Å². The predicted octanol–water partition coefficient (Wildman–Crippen LogP) is 4.29. The molecular formula is C37H42N3O7S+. The fourth-order valence-electron chi connectivity index (χ4n) is 7.38. The van der Waals surface area contributed by atoms with E-state index in [0.717, 1.165) is 34.3 Å². The quantitative estimate of drug-likeness (QED) is 0.224. The van der Waals surface area contributed by atoms with Gasteiger partial charge in [0.1, 0.15) is 18.0 Å². The summed E-state index contributed by atoms with van der Waals surface area (Å²) in [5.41, 5.74) is 4.87. The molecule has 10 nitrogen and oxygen atoms in total. The molecule has 0 saturated carbocycles. The number of anilines is 1. The minimum Gasteiger partial charge on any atom is -0.481 e. The van der Waals surface area contributed by atoms with Crippen LogP contribution in [0.25, 0.3) is 11.1 Å². The Labute approximate surface area is 280 Å². The first-order chi connectivity index (χ1) is 22.8. The Morgan fingerprint density at radius 3 is 2.35 bits per heavy atom. The van der Waals surface area contributed by atoms with Gasteiger partial charge in [0.2, 0.25) is 15.4 Å². The van der Waals surface area contributed by atoms with E-state index in [-0.39, 0.29) is 37.2 Å². The van der Waals surface area contributed by atoms with Gasteiger partial charge in [-0.3, -0.25) is 4.79 Å². The topological polar surface area (TPSA) is 136 Å². The van der Waals surface area contributed by atoms with Gasteiger partial charge in [0.25, 0.3) is 0 Å². The van der Waals surface area contributed by atoms with Crippen molar-refractivity contribution in [3.05, 3.63) is 93.0 Å². The fourth-order valence-corrected chi connectivity index (χ4v) is 8.96. The maximum Gasteiger partial charge on any atom is 0.336 e. The summed E-state index contributed by atoms with van der Waals surface area (Å²) in [5.74, 6) is -1.59. The maximum absolute atomic E-state index is 13.9. The number of hydrogen-bond acceptors (Lipinski definition) is 6. The minimum atomic E-state index is -3.79.